The summed E-state index contributed by atoms with van der Waals surface area (Å²) in [4.78, 5) is 41.0. The summed E-state index contributed by atoms with van der Waals surface area (Å²) >= 11 is 0. The highest BCUT2D eigenvalue weighted by molar-refractivity contribution is 6.04. The molecule has 7 nitrogen and oxygen atoms in total. The lowest BCUT2D eigenvalue weighted by atomic mass is 10.1. The molecule has 0 radical (unpaired) electrons. The van der Waals surface area contributed by atoms with E-state index in [1.54, 1.807) is 12.3 Å². The number of nitrogens with one attached hydrogen (secondary N) is 2. The number of carbonyl (C=O) groups excluding carboxylic acids is 3. The molecule has 2 amide bonds. The zero-order chi connectivity index (χ0) is 20.8. The van der Waals surface area contributed by atoms with Crippen molar-refractivity contribution in [1.29, 1.82) is 0 Å². The molecule has 0 unspecified atom stereocenters. The van der Waals surface area contributed by atoms with Gasteiger partial charge in [0, 0.05) is 29.8 Å². The molecular weight excluding hydrogens is 370 g/mol. The van der Waals surface area contributed by atoms with Gasteiger partial charge in [0.2, 0.25) is 5.91 Å². The first kappa shape index (κ1) is 20.1. The number of esters is 1. The number of anilines is 1. The molecule has 0 spiro atoms. The van der Waals surface area contributed by atoms with Gasteiger partial charge in [-0.25, -0.2) is 4.79 Å². The summed E-state index contributed by atoms with van der Waals surface area (Å²) in [5.74, 6) is -1.37. The van der Waals surface area contributed by atoms with Crippen LogP contribution in [0.5, 0.6) is 0 Å². The van der Waals surface area contributed by atoms with Crippen LogP contribution in [-0.4, -0.2) is 47.9 Å². The van der Waals surface area contributed by atoms with Crippen LogP contribution in [0.15, 0.2) is 54.7 Å². The Morgan fingerprint density at radius 3 is 2.59 bits per heavy atom. The van der Waals surface area contributed by atoms with Crippen molar-refractivity contribution < 1.29 is 19.1 Å². The first-order chi connectivity index (χ1) is 14.0. The van der Waals surface area contributed by atoms with Gasteiger partial charge in [-0.3, -0.25) is 9.59 Å². The predicted molar refractivity (Wildman–Crippen MR) is 111 cm³/mol. The van der Waals surface area contributed by atoms with E-state index >= 15 is 0 Å². The van der Waals surface area contributed by atoms with E-state index in [0.29, 0.717) is 5.56 Å². The number of carbonyl (C=O) groups is 3. The minimum atomic E-state index is -0.592. The van der Waals surface area contributed by atoms with Crippen molar-refractivity contribution >= 4 is 34.4 Å². The van der Waals surface area contributed by atoms with Gasteiger partial charge < -0.3 is 19.9 Å². The van der Waals surface area contributed by atoms with Crippen molar-refractivity contribution in [2.24, 2.45) is 0 Å². The van der Waals surface area contributed by atoms with Gasteiger partial charge in [0.05, 0.1) is 12.1 Å². The van der Waals surface area contributed by atoms with E-state index in [4.69, 9.17) is 4.74 Å². The van der Waals surface area contributed by atoms with E-state index in [2.05, 4.69) is 10.3 Å². The maximum atomic E-state index is 12.3. The Kier molecular flexibility index (Phi) is 6.29. The lowest BCUT2D eigenvalue weighted by Crippen LogP contribution is -2.37. The molecule has 0 atom stereocenters. The quantitative estimate of drug-likeness (QED) is 0.604. The molecule has 0 aliphatic rings. The number of nitrogens with zero attached hydrogens (tertiary/aromatic N) is 1. The standard InChI is InChI=1S/C22H23N3O4/c1-3-15-8-4-6-10-18(15)24-20(26)13-25(2)21(27)14-29-22(28)17-12-23-19-11-7-5-9-16(17)19/h4-12,23H,3,13-14H2,1-2H3,(H,24,26). The molecule has 150 valence electrons. The summed E-state index contributed by atoms with van der Waals surface area (Å²) in [6, 6.07) is 14.8. The first-order valence-corrected chi connectivity index (χ1v) is 9.34. The van der Waals surface area contributed by atoms with Crippen molar-refractivity contribution in [1.82, 2.24) is 9.88 Å². The molecule has 1 aromatic heterocycles. The number of rotatable bonds is 7. The van der Waals surface area contributed by atoms with Gasteiger partial charge in [-0.05, 0) is 24.1 Å². The third kappa shape index (κ3) is 4.82. The maximum Gasteiger partial charge on any atom is 0.340 e. The topological polar surface area (TPSA) is 91.5 Å². The Morgan fingerprint density at radius 2 is 1.79 bits per heavy atom. The van der Waals surface area contributed by atoms with Crippen LogP contribution in [0.3, 0.4) is 0 Å². The van der Waals surface area contributed by atoms with Crippen LogP contribution >= 0.6 is 0 Å². The molecule has 1 heterocycles. The van der Waals surface area contributed by atoms with Crippen molar-refractivity contribution in [3.05, 3.63) is 65.9 Å². The number of H-pyrrole nitrogens is 1. The molecular formula is C22H23N3O4. The van der Waals surface area contributed by atoms with Gasteiger partial charge in [-0.2, -0.15) is 0 Å². The molecule has 0 saturated carbocycles. The van der Waals surface area contributed by atoms with Crippen LogP contribution in [0.25, 0.3) is 10.9 Å². The minimum absolute atomic E-state index is 0.137. The molecule has 29 heavy (non-hydrogen) atoms. The van der Waals surface area contributed by atoms with Gasteiger partial charge in [0.1, 0.15) is 0 Å². The van der Waals surface area contributed by atoms with Crippen molar-refractivity contribution in [2.45, 2.75) is 13.3 Å². The van der Waals surface area contributed by atoms with Crippen LogP contribution < -0.4 is 5.32 Å². The Balaban J connectivity index is 1.52. The predicted octanol–water partition coefficient (Wildman–Crippen LogP) is 2.98. The highest BCUT2D eigenvalue weighted by atomic mass is 16.5. The van der Waals surface area contributed by atoms with Crippen LogP contribution in [0, 0.1) is 0 Å². The summed E-state index contributed by atoms with van der Waals surface area (Å²) in [7, 11) is 1.49. The lowest BCUT2D eigenvalue weighted by molar-refractivity contribution is -0.136. The number of aromatic nitrogens is 1. The monoisotopic (exact) mass is 393 g/mol. The van der Waals surface area contributed by atoms with Gasteiger partial charge in [-0.1, -0.05) is 43.3 Å². The number of para-hydroxylation sites is 2. The fourth-order valence-corrected chi connectivity index (χ4v) is 3.00. The molecule has 2 aromatic carbocycles. The highest BCUT2D eigenvalue weighted by Crippen LogP contribution is 2.18. The van der Waals surface area contributed by atoms with Crippen molar-refractivity contribution in [3.8, 4) is 0 Å². The maximum absolute atomic E-state index is 12.3. The molecule has 0 saturated heterocycles. The second kappa shape index (κ2) is 9.05. The average molecular weight is 393 g/mol. The Morgan fingerprint density at radius 1 is 1.07 bits per heavy atom. The molecule has 3 rings (SSSR count). The van der Waals surface area contributed by atoms with E-state index in [-0.39, 0.29) is 12.5 Å². The SMILES string of the molecule is CCc1ccccc1NC(=O)CN(C)C(=O)COC(=O)c1c[nH]c2ccccc12. The first-order valence-electron chi connectivity index (χ1n) is 9.34. The molecule has 0 bridgehead atoms. The van der Waals surface area contributed by atoms with Gasteiger partial charge in [0.25, 0.3) is 5.91 Å². The third-order valence-electron chi connectivity index (χ3n) is 4.61. The number of likely N-dealkylation sites (N-methyl/N-ethyl adjacent to an activating group) is 1. The molecule has 0 fully saturated rings. The number of ether oxygens (including phenoxy) is 1. The largest absolute Gasteiger partial charge is 0.452 e. The van der Waals surface area contributed by atoms with Crippen LogP contribution in [0.2, 0.25) is 0 Å². The second-order valence-corrected chi connectivity index (χ2v) is 6.63. The number of benzene rings is 2. The number of aromatic amines is 1. The smallest absolute Gasteiger partial charge is 0.340 e. The fourth-order valence-electron chi connectivity index (χ4n) is 3.00. The van der Waals surface area contributed by atoms with E-state index < -0.39 is 18.5 Å². The van der Waals surface area contributed by atoms with E-state index in [9.17, 15) is 14.4 Å². The van der Waals surface area contributed by atoms with Gasteiger partial charge in [0.15, 0.2) is 6.61 Å². The second-order valence-electron chi connectivity index (χ2n) is 6.63. The molecule has 0 aliphatic carbocycles. The Hall–Kier alpha value is -3.61. The van der Waals surface area contributed by atoms with Crippen LogP contribution in [0.1, 0.15) is 22.8 Å². The van der Waals surface area contributed by atoms with Crippen molar-refractivity contribution in [3.63, 3.8) is 0 Å². The van der Waals surface area contributed by atoms with E-state index in [0.717, 1.165) is 28.6 Å². The van der Waals surface area contributed by atoms with E-state index in [1.165, 1.54) is 11.9 Å². The number of hydrogen-bond donors (Lipinski definition) is 2. The van der Waals surface area contributed by atoms with Crippen LogP contribution in [-0.2, 0) is 20.7 Å². The molecule has 0 aliphatic heterocycles. The summed E-state index contributed by atoms with van der Waals surface area (Å²) < 4.78 is 5.13. The number of aryl methyl sites for hydroxylation is 1. The molecule has 7 heteroatoms. The Labute approximate surface area is 168 Å². The van der Waals surface area contributed by atoms with Crippen molar-refractivity contribution in [2.75, 3.05) is 25.5 Å². The fraction of sp³-hybridized carbons (Fsp3) is 0.227. The number of amides is 2. The zero-order valence-electron chi connectivity index (χ0n) is 16.4. The highest BCUT2D eigenvalue weighted by Gasteiger charge is 2.18. The zero-order valence-corrected chi connectivity index (χ0v) is 16.4. The van der Waals surface area contributed by atoms with E-state index in [1.807, 2.05) is 49.4 Å². The van der Waals surface area contributed by atoms with Gasteiger partial charge in [-0.15, -0.1) is 0 Å². The van der Waals surface area contributed by atoms with Gasteiger partial charge >= 0.3 is 5.97 Å². The molecule has 3 aromatic rings. The normalized spacial score (nSPS) is 10.6. The summed E-state index contributed by atoms with van der Waals surface area (Å²) in [6.45, 7) is 1.43. The summed E-state index contributed by atoms with van der Waals surface area (Å²) in [5.41, 5.74) is 2.92. The van der Waals surface area contributed by atoms with Crippen LogP contribution in [0.4, 0.5) is 5.69 Å². The molecule has 2 N–H and O–H groups in total. The lowest BCUT2D eigenvalue weighted by Gasteiger charge is -2.17. The number of hydrogen-bond acceptors (Lipinski definition) is 4. The number of fused-ring (bicyclic) bond motifs is 1. The summed E-state index contributed by atoms with van der Waals surface area (Å²) in [6.07, 6.45) is 2.34. The summed E-state index contributed by atoms with van der Waals surface area (Å²) in [5, 5.41) is 3.54. The third-order valence-corrected chi connectivity index (χ3v) is 4.61. The average Bonchev–Trinajstić information content (AvgIpc) is 3.16. The minimum Gasteiger partial charge on any atom is -0.452 e. The Bertz CT molecular complexity index is 1040.